The summed E-state index contributed by atoms with van der Waals surface area (Å²) in [5, 5.41) is 3.90. The lowest BCUT2D eigenvalue weighted by atomic mass is 9.99. The van der Waals surface area contributed by atoms with Gasteiger partial charge in [-0.2, -0.15) is 9.40 Å². The molecule has 0 aromatic carbocycles. The average Bonchev–Trinajstić information content (AvgIpc) is 2.77. The summed E-state index contributed by atoms with van der Waals surface area (Å²) in [4.78, 5) is 0.270. The third kappa shape index (κ3) is 2.51. The van der Waals surface area contributed by atoms with E-state index >= 15 is 0 Å². The first-order valence-electron chi connectivity index (χ1n) is 5.73. The zero-order valence-electron chi connectivity index (χ0n) is 9.91. The molecule has 6 nitrogen and oxygen atoms in total. The van der Waals surface area contributed by atoms with Crippen LogP contribution in [0, 0.1) is 5.92 Å². The average molecular weight is 258 g/mol. The fraction of sp³-hybridized carbons (Fsp3) is 0.700. The number of sulfonamides is 1. The Hall–Kier alpha value is -0.920. The second-order valence-corrected chi connectivity index (χ2v) is 6.37. The Bertz CT molecular complexity index is 474. The van der Waals surface area contributed by atoms with Crippen molar-refractivity contribution in [2.24, 2.45) is 18.7 Å². The minimum absolute atomic E-state index is 0.270. The van der Waals surface area contributed by atoms with Gasteiger partial charge in [0.2, 0.25) is 10.0 Å². The van der Waals surface area contributed by atoms with Crippen LogP contribution in [-0.4, -0.2) is 42.1 Å². The number of piperidine rings is 1. The SMILES string of the molecule is Cn1cc(S(=O)(=O)N2CCC(CN)CC2)cn1. The van der Waals surface area contributed by atoms with Crippen molar-refractivity contribution < 1.29 is 8.42 Å². The zero-order valence-corrected chi connectivity index (χ0v) is 10.7. The molecule has 1 fully saturated rings. The van der Waals surface area contributed by atoms with Gasteiger partial charge in [0.25, 0.3) is 0 Å². The van der Waals surface area contributed by atoms with E-state index < -0.39 is 10.0 Å². The predicted octanol–water partition coefficient (Wildman–Crippen LogP) is -0.220. The summed E-state index contributed by atoms with van der Waals surface area (Å²) >= 11 is 0. The van der Waals surface area contributed by atoms with Gasteiger partial charge in [0.05, 0.1) is 6.20 Å². The van der Waals surface area contributed by atoms with E-state index in [9.17, 15) is 8.42 Å². The maximum absolute atomic E-state index is 12.2. The molecule has 1 aliphatic rings. The highest BCUT2D eigenvalue weighted by Gasteiger charge is 2.29. The molecule has 1 aliphatic heterocycles. The second kappa shape index (κ2) is 4.75. The van der Waals surface area contributed by atoms with Gasteiger partial charge in [-0.05, 0) is 25.3 Å². The van der Waals surface area contributed by atoms with Crippen molar-refractivity contribution in [2.45, 2.75) is 17.7 Å². The Labute approximate surface area is 101 Å². The van der Waals surface area contributed by atoms with Crippen LogP contribution in [0.25, 0.3) is 0 Å². The smallest absolute Gasteiger partial charge is 0.246 e. The van der Waals surface area contributed by atoms with Crippen LogP contribution in [0.1, 0.15) is 12.8 Å². The van der Waals surface area contributed by atoms with Crippen molar-refractivity contribution in [3.05, 3.63) is 12.4 Å². The number of aromatic nitrogens is 2. The Balaban J connectivity index is 2.12. The van der Waals surface area contributed by atoms with Crippen LogP contribution in [-0.2, 0) is 17.1 Å². The Morgan fingerprint density at radius 1 is 1.47 bits per heavy atom. The summed E-state index contributed by atoms with van der Waals surface area (Å²) < 4.78 is 27.5. The number of aryl methyl sites for hydroxylation is 1. The maximum Gasteiger partial charge on any atom is 0.246 e. The first-order chi connectivity index (χ1) is 8.04. The molecule has 1 aromatic heterocycles. The van der Waals surface area contributed by atoms with E-state index in [0.717, 1.165) is 12.8 Å². The fourth-order valence-electron chi connectivity index (χ4n) is 2.07. The van der Waals surface area contributed by atoms with Gasteiger partial charge >= 0.3 is 0 Å². The Morgan fingerprint density at radius 2 is 2.12 bits per heavy atom. The van der Waals surface area contributed by atoms with E-state index in [2.05, 4.69) is 5.10 Å². The highest BCUT2D eigenvalue weighted by atomic mass is 32.2. The molecule has 0 radical (unpaired) electrons. The number of rotatable bonds is 3. The largest absolute Gasteiger partial charge is 0.330 e. The van der Waals surface area contributed by atoms with E-state index in [-0.39, 0.29) is 4.90 Å². The first kappa shape index (κ1) is 12.5. The molecule has 2 heterocycles. The van der Waals surface area contributed by atoms with E-state index in [1.807, 2.05) is 0 Å². The molecule has 0 spiro atoms. The maximum atomic E-state index is 12.2. The van der Waals surface area contributed by atoms with Gasteiger partial charge in [0, 0.05) is 26.3 Å². The number of nitrogens with two attached hydrogens (primary N) is 1. The minimum atomic E-state index is -3.36. The summed E-state index contributed by atoms with van der Waals surface area (Å²) in [5.41, 5.74) is 5.59. The number of hydrogen-bond acceptors (Lipinski definition) is 4. The van der Waals surface area contributed by atoms with Crippen LogP contribution in [0.15, 0.2) is 17.3 Å². The molecule has 96 valence electrons. The van der Waals surface area contributed by atoms with E-state index in [1.54, 1.807) is 7.05 Å². The van der Waals surface area contributed by atoms with Crippen LogP contribution in [0.2, 0.25) is 0 Å². The molecule has 1 aromatic rings. The van der Waals surface area contributed by atoms with Crippen molar-refractivity contribution in [1.82, 2.24) is 14.1 Å². The Morgan fingerprint density at radius 3 is 2.59 bits per heavy atom. The number of hydrogen-bond donors (Lipinski definition) is 1. The molecule has 2 N–H and O–H groups in total. The molecule has 0 bridgehead atoms. The summed E-state index contributed by atoms with van der Waals surface area (Å²) in [6, 6.07) is 0. The van der Waals surface area contributed by atoms with Gasteiger partial charge in [0.1, 0.15) is 4.90 Å². The van der Waals surface area contributed by atoms with Crippen molar-refractivity contribution in [3.63, 3.8) is 0 Å². The van der Waals surface area contributed by atoms with Crippen molar-refractivity contribution in [3.8, 4) is 0 Å². The first-order valence-corrected chi connectivity index (χ1v) is 7.17. The van der Waals surface area contributed by atoms with Gasteiger partial charge in [-0.15, -0.1) is 0 Å². The van der Waals surface area contributed by atoms with Crippen molar-refractivity contribution in [2.75, 3.05) is 19.6 Å². The lowest BCUT2D eigenvalue weighted by Gasteiger charge is -2.30. The number of nitrogens with zero attached hydrogens (tertiary/aromatic N) is 3. The minimum Gasteiger partial charge on any atom is -0.330 e. The van der Waals surface area contributed by atoms with Crippen LogP contribution in [0.5, 0.6) is 0 Å². The summed E-state index contributed by atoms with van der Waals surface area (Å²) in [7, 11) is -1.66. The molecule has 17 heavy (non-hydrogen) atoms. The van der Waals surface area contributed by atoms with E-state index in [4.69, 9.17) is 5.73 Å². The van der Waals surface area contributed by atoms with E-state index in [1.165, 1.54) is 21.4 Å². The van der Waals surface area contributed by atoms with Gasteiger partial charge in [0.15, 0.2) is 0 Å². The predicted molar refractivity (Wildman–Crippen MR) is 63.7 cm³/mol. The molecular weight excluding hydrogens is 240 g/mol. The molecule has 0 aliphatic carbocycles. The van der Waals surface area contributed by atoms with Gasteiger partial charge in [-0.1, -0.05) is 0 Å². The zero-order chi connectivity index (χ0) is 12.5. The molecule has 1 saturated heterocycles. The molecule has 0 amide bonds. The lowest BCUT2D eigenvalue weighted by Crippen LogP contribution is -2.39. The van der Waals surface area contributed by atoms with Crippen LogP contribution >= 0.6 is 0 Å². The fourth-order valence-corrected chi connectivity index (χ4v) is 3.52. The second-order valence-electron chi connectivity index (χ2n) is 4.43. The summed E-state index contributed by atoms with van der Waals surface area (Å²) in [5.74, 6) is 0.454. The molecule has 7 heteroatoms. The summed E-state index contributed by atoms with van der Waals surface area (Å²) in [6.07, 6.45) is 4.61. The Kier molecular flexibility index (Phi) is 3.50. The third-order valence-electron chi connectivity index (χ3n) is 3.23. The van der Waals surface area contributed by atoms with Gasteiger partial charge < -0.3 is 5.73 Å². The topological polar surface area (TPSA) is 81.2 Å². The van der Waals surface area contributed by atoms with Gasteiger partial charge in [-0.3, -0.25) is 4.68 Å². The standard InChI is InChI=1S/C10H18N4O2S/c1-13-8-10(7-12-13)17(15,16)14-4-2-9(6-11)3-5-14/h7-9H,2-6,11H2,1H3. The van der Waals surface area contributed by atoms with E-state index in [0.29, 0.717) is 25.6 Å². The lowest BCUT2D eigenvalue weighted by molar-refractivity contribution is 0.278. The highest BCUT2D eigenvalue weighted by molar-refractivity contribution is 7.89. The van der Waals surface area contributed by atoms with Gasteiger partial charge in [-0.25, -0.2) is 8.42 Å². The van der Waals surface area contributed by atoms with Crippen LogP contribution < -0.4 is 5.73 Å². The highest BCUT2D eigenvalue weighted by Crippen LogP contribution is 2.22. The van der Waals surface area contributed by atoms with Crippen molar-refractivity contribution >= 4 is 10.0 Å². The molecular formula is C10H18N4O2S. The molecule has 0 atom stereocenters. The normalized spacial score (nSPS) is 19.6. The third-order valence-corrected chi connectivity index (χ3v) is 5.08. The summed E-state index contributed by atoms with van der Waals surface area (Å²) in [6.45, 7) is 1.75. The molecule has 2 rings (SSSR count). The van der Waals surface area contributed by atoms with Crippen LogP contribution in [0.4, 0.5) is 0 Å². The molecule has 0 saturated carbocycles. The van der Waals surface area contributed by atoms with Crippen LogP contribution in [0.3, 0.4) is 0 Å². The quantitative estimate of drug-likeness (QED) is 0.812. The molecule has 0 unspecified atom stereocenters. The monoisotopic (exact) mass is 258 g/mol. The van der Waals surface area contributed by atoms with Crippen molar-refractivity contribution in [1.29, 1.82) is 0 Å².